The minimum atomic E-state index is -3.67. The molecule has 0 radical (unpaired) electrons. The highest BCUT2D eigenvalue weighted by Crippen LogP contribution is 2.30. The summed E-state index contributed by atoms with van der Waals surface area (Å²) in [5.74, 6) is -2.51. The zero-order valence-electron chi connectivity index (χ0n) is 17.7. The minimum Gasteiger partial charge on any atom is -0.361 e. The summed E-state index contributed by atoms with van der Waals surface area (Å²) in [5, 5.41) is 1.05. The minimum absolute atomic E-state index is 0.0305. The number of fused-ring (bicyclic) bond motifs is 1. The number of benzene rings is 2. The molecule has 9 heteroatoms. The summed E-state index contributed by atoms with van der Waals surface area (Å²) in [6.45, 7) is 1.93. The molecule has 0 aliphatic carbocycles. The van der Waals surface area contributed by atoms with Crippen molar-refractivity contribution in [1.29, 1.82) is 0 Å². The Kier molecular flexibility index (Phi) is 7.22. The van der Waals surface area contributed by atoms with Gasteiger partial charge >= 0.3 is 0 Å². The fraction of sp³-hybridized carbons (Fsp3) is 0.261. The molecule has 1 aliphatic heterocycles. The van der Waals surface area contributed by atoms with Crippen LogP contribution in [0.2, 0.25) is 0 Å². The third-order valence-corrected chi connectivity index (χ3v) is 5.12. The molecular formula is C23H24F2N2O4S. The van der Waals surface area contributed by atoms with Gasteiger partial charge in [-0.25, -0.2) is 8.78 Å². The van der Waals surface area contributed by atoms with Crippen LogP contribution in [0.1, 0.15) is 27.9 Å². The number of halogens is 2. The van der Waals surface area contributed by atoms with E-state index in [0.29, 0.717) is 6.26 Å². The number of rotatable bonds is 4. The predicted molar refractivity (Wildman–Crippen MR) is 120 cm³/mol. The molecule has 2 N–H and O–H groups in total. The molecule has 170 valence electrons. The molecule has 0 atom stereocenters. The van der Waals surface area contributed by atoms with E-state index in [-0.39, 0.29) is 12.0 Å². The van der Waals surface area contributed by atoms with Crippen molar-refractivity contribution in [3.8, 4) is 0 Å². The lowest BCUT2D eigenvalue weighted by Gasteiger charge is -2.21. The van der Waals surface area contributed by atoms with E-state index in [2.05, 4.69) is 23.0 Å². The molecule has 0 saturated carbocycles. The molecule has 1 aliphatic rings. The summed E-state index contributed by atoms with van der Waals surface area (Å²) in [6.07, 6.45) is 5.95. The van der Waals surface area contributed by atoms with E-state index in [4.69, 9.17) is 4.55 Å². The van der Waals surface area contributed by atoms with Crippen molar-refractivity contribution in [1.82, 2.24) is 9.88 Å². The van der Waals surface area contributed by atoms with Gasteiger partial charge in [0.25, 0.3) is 10.1 Å². The monoisotopic (exact) mass is 462 g/mol. The van der Waals surface area contributed by atoms with Gasteiger partial charge in [-0.1, -0.05) is 18.2 Å². The van der Waals surface area contributed by atoms with E-state index in [9.17, 15) is 22.0 Å². The predicted octanol–water partition coefficient (Wildman–Crippen LogP) is 4.09. The Morgan fingerprint density at radius 2 is 1.94 bits per heavy atom. The number of H-pyrrole nitrogens is 1. The van der Waals surface area contributed by atoms with Gasteiger partial charge in [-0.15, -0.1) is 0 Å². The number of aromatic nitrogens is 1. The first kappa shape index (κ1) is 23.8. The molecule has 2 aromatic carbocycles. The Labute approximate surface area is 185 Å². The summed E-state index contributed by atoms with van der Waals surface area (Å²) in [7, 11) is -1.57. The average Bonchev–Trinajstić information content (AvgIpc) is 3.12. The van der Waals surface area contributed by atoms with E-state index in [1.807, 2.05) is 24.4 Å². The van der Waals surface area contributed by atoms with Crippen LogP contribution >= 0.6 is 0 Å². The molecule has 0 saturated heterocycles. The van der Waals surface area contributed by atoms with Gasteiger partial charge in [-0.3, -0.25) is 9.35 Å². The van der Waals surface area contributed by atoms with Gasteiger partial charge < -0.3 is 9.88 Å². The lowest BCUT2D eigenvalue weighted by molar-refractivity contribution is 0.0988. The van der Waals surface area contributed by atoms with Gasteiger partial charge in [0.15, 0.2) is 17.4 Å². The molecule has 32 heavy (non-hydrogen) atoms. The molecular weight excluding hydrogens is 438 g/mol. The summed E-state index contributed by atoms with van der Waals surface area (Å²) < 4.78 is 53.1. The van der Waals surface area contributed by atoms with E-state index >= 15 is 0 Å². The highest BCUT2D eigenvalue weighted by Gasteiger charge is 2.17. The number of hydrogen-bond acceptors (Lipinski definition) is 4. The van der Waals surface area contributed by atoms with Crippen LogP contribution in [0.15, 0.2) is 48.7 Å². The number of carbonyl (C=O) groups excluding carboxylic acids is 1. The number of nitrogens with one attached hydrogen (secondary N) is 1. The number of carbonyl (C=O) groups is 1. The second-order valence-electron chi connectivity index (χ2n) is 7.76. The normalized spacial score (nSPS) is 14.6. The number of Topliss-reactive ketones (excluding diaryl/α,β-unsaturated/α-hetero) is 1. The third-order valence-electron chi connectivity index (χ3n) is 5.12. The molecule has 3 aromatic rings. The quantitative estimate of drug-likeness (QED) is 0.450. The maximum atomic E-state index is 13.9. The number of likely N-dealkylation sites (N-methyl/N-ethyl adjacent to an activating group) is 1. The zero-order valence-corrected chi connectivity index (χ0v) is 18.5. The van der Waals surface area contributed by atoms with E-state index < -0.39 is 27.5 Å². The molecule has 0 unspecified atom stereocenters. The number of nitrogens with zero attached hydrogens (tertiary/aromatic N) is 1. The fourth-order valence-corrected chi connectivity index (χ4v) is 3.56. The Morgan fingerprint density at radius 3 is 2.59 bits per heavy atom. The number of aromatic amines is 1. The van der Waals surface area contributed by atoms with E-state index in [0.717, 1.165) is 47.6 Å². The van der Waals surface area contributed by atoms with Crippen LogP contribution in [0.25, 0.3) is 16.5 Å². The van der Waals surface area contributed by atoms with Crippen molar-refractivity contribution >= 4 is 32.4 Å². The molecule has 6 nitrogen and oxygen atoms in total. The maximum absolute atomic E-state index is 13.9. The molecule has 1 aromatic heterocycles. The second kappa shape index (κ2) is 9.72. The molecule has 0 amide bonds. The molecule has 4 rings (SSSR count). The van der Waals surface area contributed by atoms with Crippen LogP contribution in [0.3, 0.4) is 0 Å². The number of ketones is 1. The fourth-order valence-electron chi connectivity index (χ4n) is 3.56. The summed E-state index contributed by atoms with van der Waals surface area (Å²) in [4.78, 5) is 18.0. The van der Waals surface area contributed by atoms with Crippen LogP contribution in [0, 0.1) is 11.6 Å². The van der Waals surface area contributed by atoms with E-state index in [1.165, 1.54) is 17.7 Å². The smallest absolute Gasteiger partial charge is 0.261 e. The van der Waals surface area contributed by atoms with Crippen LogP contribution in [0.4, 0.5) is 8.78 Å². The van der Waals surface area contributed by atoms with Gasteiger partial charge in [0.1, 0.15) is 0 Å². The summed E-state index contributed by atoms with van der Waals surface area (Å²) in [5.41, 5.74) is 4.01. The summed E-state index contributed by atoms with van der Waals surface area (Å²) in [6, 6.07) is 9.44. The molecule has 0 fully saturated rings. The second-order valence-corrected chi connectivity index (χ2v) is 9.22. The Balaban J connectivity index is 0.000000523. The van der Waals surface area contributed by atoms with Gasteiger partial charge in [0.05, 0.1) is 11.8 Å². The Morgan fingerprint density at radius 1 is 1.22 bits per heavy atom. The van der Waals surface area contributed by atoms with Gasteiger partial charge in [0, 0.05) is 42.2 Å². The van der Waals surface area contributed by atoms with Gasteiger partial charge in [-0.2, -0.15) is 8.42 Å². The maximum Gasteiger partial charge on any atom is 0.261 e. The van der Waals surface area contributed by atoms with Crippen molar-refractivity contribution in [3.63, 3.8) is 0 Å². The average molecular weight is 463 g/mol. The molecule has 0 bridgehead atoms. The Bertz CT molecular complexity index is 1270. The highest BCUT2D eigenvalue weighted by atomic mass is 32.2. The SMILES string of the molecule is CN1CC=C(c2c[nH]c3ccc(CC(=O)c4cccc(F)c4F)cc23)CC1.CS(=O)(=O)O. The third kappa shape index (κ3) is 6.09. The topological polar surface area (TPSA) is 90.5 Å². The molecule has 2 heterocycles. The number of hydrogen-bond donors (Lipinski definition) is 2. The zero-order chi connectivity index (χ0) is 23.5. The van der Waals surface area contributed by atoms with Crippen molar-refractivity contribution in [3.05, 3.63) is 77.0 Å². The van der Waals surface area contributed by atoms with Gasteiger partial charge in [-0.05, 0) is 48.9 Å². The Hall–Kier alpha value is -2.88. The largest absolute Gasteiger partial charge is 0.361 e. The lowest BCUT2D eigenvalue weighted by Crippen LogP contribution is -2.23. The van der Waals surface area contributed by atoms with Gasteiger partial charge in [0.2, 0.25) is 0 Å². The summed E-state index contributed by atoms with van der Waals surface area (Å²) >= 11 is 0. The first-order valence-electron chi connectivity index (χ1n) is 9.90. The van der Waals surface area contributed by atoms with Crippen molar-refractivity contribution in [2.75, 3.05) is 26.4 Å². The lowest BCUT2D eigenvalue weighted by atomic mass is 9.96. The molecule has 0 spiro atoms. The van der Waals surface area contributed by atoms with Crippen molar-refractivity contribution in [2.24, 2.45) is 0 Å². The highest BCUT2D eigenvalue weighted by molar-refractivity contribution is 7.85. The van der Waals surface area contributed by atoms with Crippen LogP contribution in [-0.4, -0.2) is 55.0 Å². The van der Waals surface area contributed by atoms with Crippen molar-refractivity contribution in [2.45, 2.75) is 12.8 Å². The van der Waals surface area contributed by atoms with Crippen LogP contribution < -0.4 is 0 Å². The van der Waals surface area contributed by atoms with E-state index in [1.54, 1.807) is 0 Å². The first-order valence-corrected chi connectivity index (χ1v) is 11.8. The first-order chi connectivity index (χ1) is 15.0. The standard InChI is InChI=1S/C22H20F2N2O.CH4O3S/c1-26-9-7-15(8-10-26)18-13-25-20-6-5-14(11-17(18)20)12-21(27)16-3-2-4-19(23)22(16)24;1-5(2,3)4/h2-7,11,13,25H,8-10,12H2,1H3;1H3,(H,2,3,4). The van der Waals surface area contributed by atoms with Crippen LogP contribution in [0.5, 0.6) is 0 Å². The van der Waals surface area contributed by atoms with Crippen LogP contribution in [-0.2, 0) is 16.5 Å². The van der Waals surface area contributed by atoms with Crippen molar-refractivity contribution < 1.29 is 26.5 Å².